The van der Waals surface area contributed by atoms with Crippen molar-refractivity contribution in [1.82, 2.24) is 9.88 Å². The number of amides is 1. The Labute approximate surface area is 152 Å². The SMILES string of the molecule is Cc1ccccc1-c1nc(CCC(=O)N(C)C2CCS(=O)(=O)C2)cs1. The molecule has 1 aliphatic rings. The number of aryl methyl sites for hydroxylation is 2. The van der Waals surface area contributed by atoms with Gasteiger partial charge in [-0.1, -0.05) is 24.3 Å². The third-order valence-electron chi connectivity index (χ3n) is 4.67. The average Bonchev–Trinajstić information content (AvgIpc) is 3.18. The van der Waals surface area contributed by atoms with Crippen molar-refractivity contribution in [2.24, 2.45) is 0 Å². The predicted octanol–water partition coefficient (Wildman–Crippen LogP) is 2.70. The molecule has 7 heteroatoms. The van der Waals surface area contributed by atoms with Gasteiger partial charge in [-0.3, -0.25) is 4.79 Å². The maximum Gasteiger partial charge on any atom is 0.222 e. The number of carbonyl (C=O) groups excluding carboxylic acids is 1. The standard InChI is InChI=1S/C18H22N2O3S2/c1-13-5-3-4-6-16(13)18-19-14(11-24-18)7-8-17(21)20(2)15-9-10-25(22,23)12-15/h3-6,11,15H,7-10,12H2,1-2H3. The quantitative estimate of drug-likeness (QED) is 0.802. The van der Waals surface area contributed by atoms with Crippen molar-refractivity contribution in [3.63, 3.8) is 0 Å². The van der Waals surface area contributed by atoms with Crippen LogP contribution in [-0.4, -0.2) is 48.8 Å². The largest absolute Gasteiger partial charge is 0.342 e. The highest BCUT2D eigenvalue weighted by Gasteiger charge is 2.32. The maximum absolute atomic E-state index is 12.4. The zero-order chi connectivity index (χ0) is 18.0. The Morgan fingerprint density at radius 3 is 2.80 bits per heavy atom. The van der Waals surface area contributed by atoms with Crippen LogP contribution in [0.25, 0.3) is 10.6 Å². The van der Waals surface area contributed by atoms with Crippen molar-refractivity contribution in [3.8, 4) is 10.6 Å². The van der Waals surface area contributed by atoms with Gasteiger partial charge < -0.3 is 4.90 Å². The predicted molar refractivity (Wildman–Crippen MR) is 100 cm³/mol. The molecule has 0 bridgehead atoms. The van der Waals surface area contributed by atoms with Crippen LogP contribution in [0.2, 0.25) is 0 Å². The second-order valence-electron chi connectivity index (χ2n) is 6.52. The second kappa shape index (κ2) is 7.25. The Kier molecular flexibility index (Phi) is 5.24. The van der Waals surface area contributed by atoms with E-state index in [2.05, 4.69) is 24.0 Å². The summed E-state index contributed by atoms with van der Waals surface area (Å²) in [5.41, 5.74) is 3.21. The summed E-state index contributed by atoms with van der Waals surface area (Å²) < 4.78 is 23.1. The molecule has 2 heterocycles. The number of rotatable bonds is 5. The monoisotopic (exact) mass is 378 g/mol. The van der Waals surface area contributed by atoms with E-state index >= 15 is 0 Å². The van der Waals surface area contributed by atoms with Crippen molar-refractivity contribution in [1.29, 1.82) is 0 Å². The smallest absolute Gasteiger partial charge is 0.222 e. The Morgan fingerprint density at radius 1 is 1.36 bits per heavy atom. The molecule has 0 saturated carbocycles. The molecule has 0 radical (unpaired) electrons. The molecule has 0 aliphatic carbocycles. The van der Waals surface area contributed by atoms with Gasteiger partial charge >= 0.3 is 0 Å². The van der Waals surface area contributed by atoms with Crippen LogP contribution in [0.15, 0.2) is 29.6 Å². The summed E-state index contributed by atoms with van der Waals surface area (Å²) in [5, 5.41) is 2.96. The lowest BCUT2D eigenvalue weighted by atomic mass is 10.1. The summed E-state index contributed by atoms with van der Waals surface area (Å²) in [4.78, 5) is 18.6. The molecule has 134 valence electrons. The van der Waals surface area contributed by atoms with Gasteiger partial charge in [0.15, 0.2) is 9.84 Å². The van der Waals surface area contributed by atoms with E-state index in [4.69, 9.17) is 0 Å². The first-order chi connectivity index (χ1) is 11.9. The highest BCUT2D eigenvalue weighted by molar-refractivity contribution is 7.91. The Bertz CT molecular complexity index is 874. The number of thiazole rings is 1. The third-order valence-corrected chi connectivity index (χ3v) is 7.35. The van der Waals surface area contributed by atoms with E-state index in [1.54, 1.807) is 23.3 Å². The molecule has 25 heavy (non-hydrogen) atoms. The number of nitrogens with zero attached hydrogens (tertiary/aromatic N) is 2. The highest BCUT2D eigenvalue weighted by Crippen LogP contribution is 2.27. The molecule has 1 aliphatic heterocycles. The van der Waals surface area contributed by atoms with Crippen molar-refractivity contribution in [3.05, 3.63) is 40.9 Å². The number of sulfone groups is 1. The number of carbonyl (C=O) groups is 1. The first-order valence-corrected chi connectivity index (χ1v) is 11.0. The topological polar surface area (TPSA) is 67.3 Å². The zero-order valence-electron chi connectivity index (χ0n) is 14.4. The molecule has 5 nitrogen and oxygen atoms in total. The van der Waals surface area contributed by atoms with Gasteiger partial charge in [0.25, 0.3) is 0 Å². The van der Waals surface area contributed by atoms with Crippen LogP contribution in [0.1, 0.15) is 24.1 Å². The molecule has 0 spiro atoms. The molecule has 1 saturated heterocycles. The lowest BCUT2D eigenvalue weighted by Crippen LogP contribution is -2.37. The Hall–Kier alpha value is -1.73. The minimum absolute atomic E-state index is 0.0208. The van der Waals surface area contributed by atoms with Crippen LogP contribution in [0, 0.1) is 6.92 Å². The molecule has 1 unspecified atom stereocenters. The van der Waals surface area contributed by atoms with E-state index in [-0.39, 0.29) is 23.5 Å². The van der Waals surface area contributed by atoms with Gasteiger partial charge in [0.2, 0.25) is 5.91 Å². The molecule has 1 aromatic heterocycles. The fraction of sp³-hybridized carbons (Fsp3) is 0.444. The van der Waals surface area contributed by atoms with E-state index in [0.29, 0.717) is 19.3 Å². The third kappa shape index (κ3) is 4.27. The molecule has 1 fully saturated rings. The van der Waals surface area contributed by atoms with Gasteiger partial charge in [-0.25, -0.2) is 13.4 Å². The molecule has 3 rings (SSSR count). The zero-order valence-corrected chi connectivity index (χ0v) is 16.1. The molecule has 0 N–H and O–H groups in total. The van der Waals surface area contributed by atoms with Crippen LogP contribution in [-0.2, 0) is 21.1 Å². The van der Waals surface area contributed by atoms with E-state index in [9.17, 15) is 13.2 Å². The van der Waals surface area contributed by atoms with Crippen LogP contribution in [0.4, 0.5) is 0 Å². The minimum atomic E-state index is -2.98. The van der Waals surface area contributed by atoms with Crippen molar-refractivity contribution in [2.75, 3.05) is 18.6 Å². The second-order valence-corrected chi connectivity index (χ2v) is 9.61. The molecule has 1 aromatic carbocycles. The summed E-state index contributed by atoms with van der Waals surface area (Å²) in [6.07, 6.45) is 1.47. The van der Waals surface area contributed by atoms with Crippen molar-refractivity contribution < 1.29 is 13.2 Å². The normalized spacial score (nSPS) is 19.0. The molecular formula is C18H22N2O3S2. The van der Waals surface area contributed by atoms with Crippen LogP contribution in [0.5, 0.6) is 0 Å². The number of hydrogen-bond donors (Lipinski definition) is 0. The van der Waals surface area contributed by atoms with Crippen LogP contribution in [0.3, 0.4) is 0 Å². The highest BCUT2D eigenvalue weighted by atomic mass is 32.2. The molecule has 2 aromatic rings. The minimum Gasteiger partial charge on any atom is -0.342 e. The first-order valence-electron chi connectivity index (χ1n) is 8.32. The fourth-order valence-electron chi connectivity index (χ4n) is 3.05. The van der Waals surface area contributed by atoms with E-state index in [0.717, 1.165) is 16.3 Å². The van der Waals surface area contributed by atoms with Crippen molar-refractivity contribution in [2.45, 2.75) is 32.2 Å². The van der Waals surface area contributed by atoms with E-state index in [1.807, 2.05) is 17.5 Å². The summed E-state index contributed by atoms with van der Waals surface area (Å²) >= 11 is 1.59. The Balaban J connectivity index is 1.59. The first kappa shape index (κ1) is 18.1. The van der Waals surface area contributed by atoms with E-state index < -0.39 is 9.84 Å². The average molecular weight is 379 g/mol. The summed E-state index contributed by atoms with van der Waals surface area (Å²) in [6, 6.07) is 7.93. The number of benzene rings is 1. The van der Waals surface area contributed by atoms with Gasteiger partial charge in [-0.2, -0.15) is 0 Å². The van der Waals surface area contributed by atoms with E-state index in [1.165, 1.54) is 5.56 Å². The van der Waals surface area contributed by atoms with Crippen LogP contribution >= 0.6 is 11.3 Å². The summed E-state index contributed by atoms with van der Waals surface area (Å²) in [5.74, 6) is 0.248. The lowest BCUT2D eigenvalue weighted by Gasteiger charge is -2.23. The van der Waals surface area contributed by atoms with Crippen molar-refractivity contribution >= 4 is 27.1 Å². The van der Waals surface area contributed by atoms with Gasteiger partial charge in [0.05, 0.1) is 17.2 Å². The van der Waals surface area contributed by atoms with Gasteiger partial charge in [-0.15, -0.1) is 11.3 Å². The molecule has 1 atom stereocenters. The van der Waals surface area contributed by atoms with Gasteiger partial charge in [-0.05, 0) is 25.3 Å². The summed E-state index contributed by atoms with van der Waals surface area (Å²) in [7, 11) is -1.28. The fourth-order valence-corrected chi connectivity index (χ4v) is 5.77. The van der Waals surface area contributed by atoms with Gasteiger partial charge in [0, 0.05) is 30.5 Å². The number of aromatic nitrogens is 1. The Morgan fingerprint density at radius 2 is 2.12 bits per heavy atom. The summed E-state index contributed by atoms with van der Waals surface area (Å²) in [6.45, 7) is 2.06. The van der Waals surface area contributed by atoms with Gasteiger partial charge in [0.1, 0.15) is 5.01 Å². The maximum atomic E-state index is 12.4. The number of hydrogen-bond acceptors (Lipinski definition) is 5. The van der Waals surface area contributed by atoms with Crippen LogP contribution < -0.4 is 0 Å². The lowest BCUT2D eigenvalue weighted by molar-refractivity contribution is -0.131. The molecule has 1 amide bonds. The molecular weight excluding hydrogens is 356 g/mol.